The van der Waals surface area contributed by atoms with Crippen LogP contribution in [-0.4, -0.2) is 23.7 Å². The normalized spacial score (nSPS) is 20.7. The predicted molar refractivity (Wildman–Crippen MR) is 79.9 cm³/mol. The first-order valence-electron chi connectivity index (χ1n) is 7.59. The Labute approximate surface area is 119 Å². The van der Waals surface area contributed by atoms with E-state index in [0.717, 1.165) is 22.5 Å². The maximum atomic E-state index is 9.46. The molecule has 3 rings (SSSR count). The minimum absolute atomic E-state index is 0.154. The lowest BCUT2D eigenvalue weighted by Gasteiger charge is -2.26. The van der Waals surface area contributed by atoms with Gasteiger partial charge in [0.25, 0.3) is 0 Å². The molecule has 0 atom stereocenters. The molecule has 0 radical (unpaired) electrons. The minimum Gasteiger partial charge on any atom is -0.391 e. The van der Waals surface area contributed by atoms with Crippen LogP contribution < -0.4 is 4.90 Å². The zero-order chi connectivity index (χ0) is 13.2. The Morgan fingerprint density at radius 2 is 1.95 bits per heavy atom. The number of anilines is 1. The van der Waals surface area contributed by atoms with Crippen LogP contribution in [0.1, 0.15) is 61.4 Å². The summed E-state index contributed by atoms with van der Waals surface area (Å²) in [4.78, 5) is 8.19. The van der Waals surface area contributed by atoms with Gasteiger partial charge in [-0.3, -0.25) is 0 Å². The van der Waals surface area contributed by atoms with E-state index in [2.05, 4.69) is 11.9 Å². The third-order valence-electron chi connectivity index (χ3n) is 4.41. The second kappa shape index (κ2) is 5.80. The van der Waals surface area contributed by atoms with Gasteiger partial charge in [-0.2, -0.15) is 0 Å². The Balaban J connectivity index is 1.66. The number of hydrogen-bond acceptors (Lipinski definition) is 4. The molecule has 2 saturated carbocycles. The van der Waals surface area contributed by atoms with E-state index in [9.17, 15) is 5.11 Å². The monoisotopic (exact) mass is 280 g/mol. The number of aliphatic hydroxyl groups excluding tert-OH is 1. The molecule has 4 heteroatoms. The highest BCUT2D eigenvalue weighted by Crippen LogP contribution is 2.44. The third-order valence-corrected chi connectivity index (χ3v) is 5.58. The summed E-state index contributed by atoms with van der Waals surface area (Å²) in [6, 6.07) is 0. The van der Waals surface area contributed by atoms with Crippen LogP contribution in [0.2, 0.25) is 0 Å². The van der Waals surface area contributed by atoms with Gasteiger partial charge in [-0.05, 0) is 31.6 Å². The molecule has 0 aromatic carbocycles. The predicted octanol–water partition coefficient (Wildman–Crippen LogP) is 3.53. The standard InChI is InChI=1S/C15H24N2OS/c1-17(9-11-5-3-2-4-6-11)15-16-14(12-7-8-12)13(10-18)19-15/h11-12,18H,2-10H2,1H3. The average molecular weight is 280 g/mol. The van der Waals surface area contributed by atoms with Gasteiger partial charge < -0.3 is 10.0 Å². The van der Waals surface area contributed by atoms with Crippen molar-refractivity contribution in [1.82, 2.24) is 4.98 Å². The summed E-state index contributed by atoms with van der Waals surface area (Å²) < 4.78 is 0. The zero-order valence-electron chi connectivity index (χ0n) is 11.8. The molecule has 1 aromatic heterocycles. The van der Waals surface area contributed by atoms with E-state index >= 15 is 0 Å². The topological polar surface area (TPSA) is 36.4 Å². The molecular formula is C15H24N2OS. The maximum absolute atomic E-state index is 9.46. The molecule has 0 spiro atoms. The van der Waals surface area contributed by atoms with E-state index in [4.69, 9.17) is 4.98 Å². The van der Waals surface area contributed by atoms with Crippen LogP contribution >= 0.6 is 11.3 Å². The molecule has 19 heavy (non-hydrogen) atoms. The van der Waals surface area contributed by atoms with E-state index < -0.39 is 0 Å². The van der Waals surface area contributed by atoms with Gasteiger partial charge >= 0.3 is 0 Å². The lowest BCUT2D eigenvalue weighted by atomic mass is 9.89. The zero-order valence-corrected chi connectivity index (χ0v) is 12.6. The highest BCUT2D eigenvalue weighted by molar-refractivity contribution is 7.15. The van der Waals surface area contributed by atoms with Gasteiger partial charge in [0.2, 0.25) is 0 Å². The van der Waals surface area contributed by atoms with Crippen molar-refractivity contribution in [1.29, 1.82) is 0 Å². The van der Waals surface area contributed by atoms with Crippen molar-refractivity contribution in [3.05, 3.63) is 10.6 Å². The largest absolute Gasteiger partial charge is 0.391 e. The summed E-state index contributed by atoms with van der Waals surface area (Å²) in [5.74, 6) is 1.47. The van der Waals surface area contributed by atoms with E-state index in [0.29, 0.717) is 5.92 Å². The summed E-state index contributed by atoms with van der Waals surface area (Å²) in [6.07, 6.45) is 9.45. The van der Waals surface area contributed by atoms with E-state index in [1.807, 2.05) is 0 Å². The Bertz CT molecular complexity index is 422. The molecule has 0 saturated heterocycles. The first-order valence-corrected chi connectivity index (χ1v) is 8.41. The molecule has 3 nitrogen and oxygen atoms in total. The number of thiazole rings is 1. The van der Waals surface area contributed by atoms with E-state index in [1.165, 1.54) is 50.6 Å². The van der Waals surface area contributed by atoms with Crippen molar-refractivity contribution in [2.24, 2.45) is 5.92 Å². The van der Waals surface area contributed by atoms with Crippen molar-refractivity contribution < 1.29 is 5.11 Å². The number of hydrogen-bond donors (Lipinski definition) is 1. The van der Waals surface area contributed by atoms with Crippen LogP contribution in [0.5, 0.6) is 0 Å². The summed E-state index contributed by atoms with van der Waals surface area (Å²) >= 11 is 1.69. The van der Waals surface area contributed by atoms with Crippen molar-refractivity contribution >= 4 is 16.5 Å². The molecule has 2 fully saturated rings. The van der Waals surface area contributed by atoms with Crippen molar-refractivity contribution in [3.63, 3.8) is 0 Å². The molecule has 0 bridgehead atoms. The highest BCUT2D eigenvalue weighted by Gasteiger charge is 2.30. The van der Waals surface area contributed by atoms with Crippen molar-refractivity contribution in [2.75, 3.05) is 18.5 Å². The first kappa shape index (κ1) is 13.4. The van der Waals surface area contributed by atoms with Crippen molar-refractivity contribution in [3.8, 4) is 0 Å². The molecule has 1 heterocycles. The molecular weight excluding hydrogens is 256 g/mol. The van der Waals surface area contributed by atoms with Crippen LogP contribution in [0, 0.1) is 5.92 Å². The SMILES string of the molecule is CN(CC1CCCCC1)c1nc(C2CC2)c(CO)s1. The third kappa shape index (κ3) is 3.11. The Kier molecular flexibility index (Phi) is 4.08. The van der Waals surface area contributed by atoms with Crippen LogP contribution in [-0.2, 0) is 6.61 Å². The van der Waals surface area contributed by atoms with E-state index in [-0.39, 0.29) is 6.61 Å². The Morgan fingerprint density at radius 3 is 2.58 bits per heavy atom. The number of nitrogens with zero attached hydrogens (tertiary/aromatic N) is 2. The van der Waals surface area contributed by atoms with Gasteiger partial charge in [-0.1, -0.05) is 30.6 Å². The van der Waals surface area contributed by atoms with Crippen LogP contribution in [0.4, 0.5) is 5.13 Å². The number of aromatic nitrogens is 1. The molecule has 0 unspecified atom stereocenters. The molecule has 2 aliphatic rings. The van der Waals surface area contributed by atoms with Gasteiger partial charge in [0.05, 0.1) is 17.2 Å². The second-order valence-corrected chi connectivity index (χ2v) is 7.18. The molecule has 2 aliphatic carbocycles. The minimum atomic E-state index is 0.154. The molecule has 1 N–H and O–H groups in total. The van der Waals surface area contributed by atoms with E-state index in [1.54, 1.807) is 11.3 Å². The van der Waals surface area contributed by atoms with Crippen LogP contribution in [0.3, 0.4) is 0 Å². The Morgan fingerprint density at radius 1 is 1.21 bits per heavy atom. The van der Waals surface area contributed by atoms with Crippen molar-refractivity contribution in [2.45, 2.75) is 57.5 Å². The quantitative estimate of drug-likeness (QED) is 0.896. The molecule has 106 valence electrons. The lowest BCUT2D eigenvalue weighted by molar-refractivity contribution is 0.284. The second-order valence-electron chi connectivity index (χ2n) is 6.12. The molecule has 1 aromatic rings. The Hall–Kier alpha value is -0.610. The number of aliphatic hydroxyl groups is 1. The fraction of sp³-hybridized carbons (Fsp3) is 0.800. The smallest absolute Gasteiger partial charge is 0.185 e. The lowest BCUT2D eigenvalue weighted by Crippen LogP contribution is -2.26. The summed E-state index contributed by atoms with van der Waals surface area (Å²) in [6.45, 7) is 1.28. The van der Waals surface area contributed by atoms with Crippen LogP contribution in [0.25, 0.3) is 0 Å². The first-order chi connectivity index (χ1) is 9.28. The summed E-state index contributed by atoms with van der Waals surface area (Å²) in [5, 5.41) is 10.6. The summed E-state index contributed by atoms with van der Waals surface area (Å²) in [5.41, 5.74) is 1.18. The van der Waals surface area contributed by atoms with Gasteiger partial charge in [0, 0.05) is 19.5 Å². The number of rotatable bonds is 5. The highest BCUT2D eigenvalue weighted by atomic mass is 32.1. The summed E-state index contributed by atoms with van der Waals surface area (Å²) in [7, 11) is 2.16. The fourth-order valence-electron chi connectivity index (χ4n) is 3.14. The molecule has 0 aliphatic heterocycles. The fourth-order valence-corrected chi connectivity index (χ4v) is 4.11. The van der Waals surface area contributed by atoms with Gasteiger partial charge in [-0.25, -0.2) is 4.98 Å². The van der Waals surface area contributed by atoms with Gasteiger partial charge in [0.1, 0.15) is 0 Å². The molecule has 0 amide bonds. The van der Waals surface area contributed by atoms with Gasteiger partial charge in [-0.15, -0.1) is 0 Å². The van der Waals surface area contributed by atoms with Crippen LogP contribution in [0.15, 0.2) is 0 Å². The van der Waals surface area contributed by atoms with Gasteiger partial charge in [0.15, 0.2) is 5.13 Å². The maximum Gasteiger partial charge on any atom is 0.185 e. The average Bonchev–Trinajstić information content (AvgIpc) is 3.19.